The summed E-state index contributed by atoms with van der Waals surface area (Å²) in [6, 6.07) is -1.44. The van der Waals surface area contributed by atoms with Crippen molar-refractivity contribution in [3.8, 4) is 0 Å². The highest BCUT2D eigenvalue weighted by Crippen LogP contribution is 2.35. The number of aliphatic hydroxyl groups excluding tert-OH is 6. The summed E-state index contributed by atoms with van der Waals surface area (Å²) in [5.74, 6) is -3.86. The topological polar surface area (TPSA) is 212 Å². The summed E-state index contributed by atoms with van der Waals surface area (Å²) >= 11 is 0. The Kier molecular flexibility index (Phi) is 5.76. The maximum atomic E-state index is 11.1. The van der Waals surface area contributed by atoms with Gasteiger partial charge in [0.25, 0.3) is 0 Å². The van der Waals surface area contributed by atoms with E-state index >= 15 is 0 Å². The Morgan fingerprint density at radius 1 is 1.12 bits per heavy atom. The Morgan fingerprint density at radius 2 is 1.75 bits per heavy atom. The Labute approximate surface area is 135 Å². The molecule has 9 N–H and O–H groups in total. The van der Waals surface area contributed by atoms with Crippen LogP contribution in [-0.4, -0.2) is 110 Å². The number of hydrogen-bond acceptors (Lipinski definition) is 11. The zero-order valence-electron chi connectivity index (χ0n) is 12.4. The van der Waals surface area contributed by atoms with E-state index in [9.17, 15) is 30.3 Å². The van der Waals surface area contributed by atoms with Crippen molar-refractivity contribution in [1.82, 2.24) is 0 Å². The maximum absolute atomic E-state index is 11.1. The standard InChI is InChI=1S/C12H21NO11/c13-4-6(17)7(18)8(10(20)21)22-11(4)24-12(2-15)9(19)5(16)3(1-14)23-12/h3-9,11,14-19H,1-2,13H2,(H,20,21)/t3-,4-,5-,6-,7+,8+,9+,11-,12+/m1/s1. The Balaban J connectivity index is 2.22. The quantitative estimate of drug-likeness (QED) is 0.232. The molecule has 0 saturated carbocycles. The van der Waals surface area contributed by atoms with Gasteiger partial charge in [0.2, 0.25) is 5.79 Å². The monoisotopic (exact) mass is 355 g/mol. The van der Waals surface area contributed by atoms with Gasteiger partial charge in [-0.2, -0.15) is 0 Å². The fourth-order valence-electron chi connectivity index (χ4n) is 2.66. The van der Waals surface area contributed by atoms with Crippen molar-refractivity contribution in [2.75, 3.05) is 13.2 Å². The van der Waals surface area contributed by atoms with Crippen LogP contribution in [0, 0.1) is 0 Å². The van der Waals surface area contributed by atoms with Crippen LogP contribution < -0.4 is 5.73 Å². The highest BCUT2D eigenvalue weighted by molar-refractivity contribution is 5.73. The number of aliphatic carboxylic acids is 1. The summed E-state index contributed by atoms with van der Waals surface area (Å²) < 4.78 is 15.4. The van der Waals surface area contributed by atoms with Crippen molar-refractivity contribution >= 4 is 5.97 Å². The van der Waals surface area contributed by atoms with Gasteiger partial charge < -0.3 is 55.7 Å². The molecule has 0 aromatic rings. The SMILES string of the molecule is N[C@H]1[C@@H](O[C@]2(CO)O[C@H](CO)[C@@H](O)[C@@H]2O)O[C@H](C(=O)O)[C@@H](O)[C@@H]1O. The molecule has 0 aromatic heterocycles. The number of nitrogens with two attached hydrogens (primary N) is 1. The van der Waals surface area contributed by atoms with Crippen LogP contribution in [0.15, 0.2) is 0 Å². The van der Waals surface area contributed by atoms with E-state index in [1.54, 1.807) is 0 Å². The number of rotatable bonds is 5. The lowest BCUT2D eigenvalue weighted by Gasteiger charge is -2.43. The van der Waals surface area contributed by atoms with Gasteiger partial charge in [0, 0.05) is 0 Å². The van der Waals surface area contributed by atoms with E-state index in [0.717, 1.165) is 0 Å². The van der Waals surface area contributed by atoms with Crippen molar-refractivity contribution in [1.29, 1.82) is 0 Å². The van der Waals surface area contributed by atoms with Crippen molar-refractivity contribution in [3.05, 3.63) is 0 Å². The predicted molar refractivity (Wildman–Crippen MR) is 71.2 cm³/mol. The Morgan fingerprint density at radius 3 is 2.21 bits per heavy atom. The van der Waals surface area contributed by atoms with E-state index in [1.807, 2.05) is 0 Å². The lowest BCUT2D eigenvalue weighted by atomic mass is 9.97. The Bertz CT molecular complexity index is 464. The maximum Gasteiger partial charge on any atom is 0.335 e. The molecule has 0 unspecified atom stereocenters. The zero-order valence-corrected chi connectivity index (χ0v) is 12.4. The number of carboxylic acids is 1. The molecule has 2 fully saturated rings. The van der Waals surface area contributed by atoms with Gasteiger partial charge in [-0.1, -0.05) is 0 Å². The molecule has 12 heteroatoms. The zero-order chi connectivity index (χ0) is 18.2. The first-order valence-electron chi connectivity index (χ1n) is 7.12. The van der Waals surface area contributed by atoms with E-state index in [0.29, 0.717) is 0 Å². The molecule has 0 aromatic carbocycles. The minimum atomic E-state index is -2.26. The first kappa shape index (κ1) is 19.4. The van der Waals surface area contributed by atoms with Crippen LogP contribution in [0.2, 0.25) is 0 Å². The number of carboxylic acid groups (broad SMARTS) is 1. The van der Waals surface area contributed by atoms with Crippen molar-refractivity contribution in [2.45, 2.75) is 54.7 Å². The summed E-state index contributed by atoms with van der Waals surface area (Å²) in [6.45, 7) is -1.69. The van der Waals surface area contributed by atoms with Crippen LogP contribution in [0.4, 0.5) is 0 Å². The third-order valence-corrected chi connectivity index (χ3v) is 4.11. The van der Waals surface area contributed by atoms with Gasteiger partial charge in [0.1, 0.15) is 37.1 Å². The number of ether oxygens (including phenoxy) is 3. The third-order valence-electron chi connectivity index (χ3n) is 4.11. The van der Waals surface area contributed by atoms with Gasteiger partial charge >= 0.3 is 5.97 Å². The number of aliphatic hydroxyl groups is 6. The molecular weight excluding hydrogens is 334 g/mol. The molecule has 0 amide bonds. The number of hydrogen-bond donors (Lipinski definition) is 8. The fraction of sp³-hybridized carbons (Fsp3) is 0.917. The van der Waals surface area contributed by atoms with Gasteiger partial charge in [-0.05, 0) is 0 Å². The second kappa shape index (κ2) is 7.13. The summed E-state index contributed by atoms with van der Waals surface area (Å²) in [4.78, 5) is 11.1. The first-order chi connectivity index (χ1) is 11.2. The highest BCUT2D eigenvalue weighted by Gasteiger charge is 2.58. The molecular formula is C12H21NO11. The molecule has 2 rings (SSSR count). The molecule has 24 heavy (non-hydrogen) atoms. The van der Waals surface area contributed by atoms with E-state index in [-0.39, 0.29) is 0 Å². The smallest absolute Gasteiger partial charge is 0.335 e. The van der Waals surface area contributed by atoms with Crippen molar-refractivity contribution in [3.63, 3.8) is 0 Å². The van der Waals surface area contributed by atoms with Gasteiger partial charge in [-0.15, -0.1) is 0 Å². The average Bonchev–Trinajstić information content (AvgIpc) is 2.80. The lowest BCUT2D eigenvalue weighted by molar-refractivity contribution is -0.362. The molecule has 2 aliphatic rings. The van der Waals surface area contributed by atoms with E-state index < -0.39 is 73.9 Å². The molecule has 140 valence electrons. The average molecular weight is 355 g/mol. The van der Waals surface area contributed by atoms with Crippen LogP contribution in [0.5, 0.6) is 0 Å². The molecule has 2 saturated heterocycles. The highest BCUT2D eigenvalue weighted by atomic mass is 16.8. The van der Waals surface area contributed by atoms with Crippen LogP contribution >= 0.6 is 0 Å². The summed E-state index contributed by atoms with van der Waals surface area (Å²) in [6.07, 6.45) is -11.8. The molecule has 2 aliphatic heterocycles. The molecule has 9 atom stereocenters. The molecule has 0 aliphatic carbocycles. The molecule has 0 radical (unpaired) electrons. The summed E-state index contributed by atoms with van der Waals surface area (Å²) in [5, 5.41) is 66.9. The van der Waals surface area contributed by atoms with Crippen LogP contribution in [0.1, 0.15) is 0 Å². The molecule has 0 spiro atoms. The molecule has 2 heterocycles. The summed E-state index contributed by atoms with van der Waals surface area (Å²) in [5.41, 5.74) is 5.63. The van der Waals surface area contributed by atoms with Gasteiger partial charge in [-0.3, -0.25) is 0 Å². The molecule has 0 bridgehead atoms. The van der Waals surface area contributed by atoms with Crippen molar-refractivity contribution < 1.29 is 54.8 Å². The van der Waals surface area contributed by atoms with E-state index in [4.69, 9.17) is 30.2 Å². The third kappa shape index (κ3) is 3.13. The van der Waals surface area contributed by atoms with Gasteiger partial charge in [0.15, 0.2) is 12.4 Å². The van der Waals surface area contributed by atoms with Gasteiger partial charge in [0.05, 0.1) is 12.6 Å². The predicted octanol–water partition coefficient (Wildman–Crippen LogP) is -5.34. The lowest BCUT2D eigenvalue weighted by Crippen LogP contribution is -2.66. The second-order valence-electron chi connectivity index (χ2n) is 5.68. The fourth-order valence-corrected chi connectivity index (χ4v) is 2.66. The van der Waals surface area contributed by atoms with Gasteiger partial charge in [-0.25, -0.2) is 4.79 Å². The number of carbonyl (C=O) groups is 1. The second-order valence-corrected chi connectivity index (χ2v) is 5.68. The van der Waals surface area contributed by atoms with E-state index in [1.165, 1.54) is 0 Å². The largest absolute Gasteiger partial charge is 0.479 e. The first-order valence-corrected chi connectivity index (χ1v) is 7.12. The molecule has 12 nitrogen and oxygen atoms in total. The Hall–Kier alpha value is -0.930. The van der Waals surface area contributed by atoms with E-state index in [2.05, 4.69) is 0 Å². The minimum Gasteiger partial charge on any atom is -0.479 e. The summed E-state index contributed by atoms with van der Waals surface area (Å²) in [7, 11) is 0. The van der Waals surface area contributed by atoms with Crippen LogP contribution in [0.25, 0.3) is 0 Å². The van der Waals surface area contributed by atoms with Crippen LogP contribution in [-0.2, 0) is 19.0 Å². The van der Waals surface area contributed by atoms with Crippen molar-refractivity contribution in [2.24, 2.45) is 5.73 Å². The normalized spacial score (nSPS) is 49.3. The minimum absolute atomic E-state index is 0.694. The van der Waals surface area contributed by atoms with Crippen LogP contribution in [0.3, 0.4) is 0 Å².